The standard InChI is InChI=1S/C77H84Cl3NO18/c1-3-41-88-74-72(97-63(84)40-39-52(2)83)70(92-48-58-35-21-9-22-36-58)66(60(42-82)94-74)98-73-64(81-76(85)77(78,79)80)68(90-46-56-31-17-7-18-32-56)67(62(95-73)51-87-44-54-27-13-5-14-28-54)99-75-71(93-49-59-37-23-10-24-38-59)69(91-47-57-33-19-8-20-34-57)65(89-45-55-29-15-6-16-30-55)61(96-75)50-86-43-53-25-11-4-12-26-53/h3-38,60-62,64-75,82H,1,39-51H2,2H3,(H,81,85)/t60-,61-,62-,64-,65-,66-,67+,68-,69+,70+,71-,72+,73+,74+,75-/m1/s1. The molecule has 22 heteroatoms. The summed E-state index contributed by atoms with van der Waals surface area (Å²) in [7, 11) is 0. The minimum atomic E-state index is -2.60. The molecule has 0 radical (unpaired) electrons. The zero-order valence-corrected chi connectivity index (χ0v) is 57.1. The number of aliphatic hydroxyl groups excluding tert-OH is 1. The molecule has 526 valence electrons. The van der Waals surface area contributed by atoms with Crippen molar-refractivity contribution in [2.24, 2.45) is 0 Å². The van der Waals surface area contributed by atoms with Crippen LogP contribution in [-0.2, 0) is 127 Å². The number of ketones is 1. The van der Waals surface area contributed by atoms with Gasteiger partial charge in [0.1, 0.15) is 72.9 Å². The van der Waals surface area contributed by atoms with Gasteiger partial charge < -0.3 is 81.5 Å². The van der Waals surface area contributed by atoms with E-state index in [0.29, 0.717) is 11.1 Å². The number of aliphatic hydroxyl groups is 1. The van der Waals surface area contributed by atoms with Gasteiger partial charge in [-0.3, -0.25) is 9.59 Å². The Balaban J connectivity index is 1.11. The van der Waals surface area contributed by atoms with E-state index in [4.69, 9.17) is 101 Å². The van der Waals surface area contributed by atoms with Crippen molar-refractivity contribution in [2.45, 2.75) is 162 Å². The van der Waals surface area contributed by atoms with Crippen LogP contribution in [0.25, 0.3) is 0 Å². The summed E-state index contributed by atoms with van der Waals surface area (Å²) in [6.07, 6.45) is -17.0. The minimum Gasteiger partial charge on any atom is -0.454 e. The van der Waals surface area contributed by atoms with Gasteiger partial charge in [-0.05, 0) is 45.9 Å². The van der Waals surface area contributed by atoms with E-state index in [9.17, 15) is 19.5 Å². The third-order valence-corrected chi connectivity index (χ3v) is 17.2. The fourth-order valence-corrected chi connectivity index (χ4v) is 11.9. The van der Waals surface area contributed by atoms with E-state index in [0.717, 1.165) is 27.8 Å². The number of amides is 1. The molecule has 0 bridgehead atoms. The summed E-state index contributed by atoms with van der Waals surface area (Å²) in [4.78, 5) is 40.8. The molecule has 0 aromatic heterocycles. The van der Waals surface area contributed by atoms with E-state index in [1.165, 1.54) is 13.0 Å². The molecule has 15 atom stereocenters. The number of carbonyl (C=O) groups excluding carboxylic acids is 3. The molecule has 99 heavy (non-hydrogen) atoms. The quantitative estimate of drug-likeness (QED) is 0.0212. The third-order valence-electron chi connectivity index (χ3n) is 16.7. The fourth-order valence-electron chi connectivity index (χ4n) is 11.8. The van der Waals surface area contributed by atoms with Crippen molar-refractivity contribution < 1.29 is 85.8 Å². The van der Waals surface area contributed by atoms with Gasteiger partial charge in [0.15, 0.2) is 25.0 Å². The van der Waals surface area contributed by atoms with Crippen LogP contribution < -0.4 is 5.32 Å². The Kier molecular flexibility index (Phi) is 29.4. The lowest BCUT2D eigenvalue weighted by atomic mass is 9.93. The van der Waals surface area contributed by atoms with Crippen LogP contribution >= 0.6 is 34.8 Å². The number of rotatable bonds is 36. The van der Waals surface area contributed by atoms with Crippen LogP contribution in [0, 0.1) is 0 Å². The summed E-state index contributed by atoms with van der Waals surface area (Å²) in [6, 6.07) is 65.2. The van der Waals surface area contributed by atoms with E-state index in [-0.39, 0.29) is 84.7 Å². The van der Waals surface area contributed by atoms with Crippen molar-refractivity contribution >= 4 is 52.5 Å². The molecule has 0 aliphatic carbocycles. The molecule has 3 aliphatic heterocycles. The van der Waals surface area contributed by atoms with Crippen molar-refractivity contribution in [3.8, 4) is 0 Å². The summed E-state index contributed by atoms with van der Waals surface area (Å²) < 4.78 is 94.2. The van der Waals surface area contributed by atoms with Gasteiger partial charge in [-0.2, -0.15) is 0 Å². The second kappa shape index (κ2) is 38.9. The van der Waals surface area contributed by atoms with Gasteiger partial charge in [-0.25, -0.2) is 0 Å². The van der Waals surface area contributed by atoms with Crippen LogP contribution in [0.4, 0.5) is 0 Å². The molecule has 10 rings (SSSR count). The monoisotopic (exact) mass is 1420 g/mol. The van der Waals surface area contributed by atoms with Crippen LogP contribution in [-0.4, -0.2) is 145 Å². The number of esters is 1. The van der Waals surface area contributed by atoms with Gasteiger partial charge in [0.2, 0.25) is 0 Å². The normalized spacial score (nSPS) is 25.5. The van der Waals surface area contributed by atoms with Crippen molar-refractivity contribution in [3.63, 3.8) is 0 Å². The SMILES string of the molecule is C=CCO[C@H]1O[C@H](CO)[C@@H](O[C@@H]2O[C@H](COCc3ccccc3)[C@H](O[C@H]3O[C@H](COCc4ccccc4)[C@@H](OCc4ccccc4)[C@H](OCc4ccccc4)[C@H]3OCc3ccccc3)[C@H](OCc3ccccc3)[C@H]2NC(=O)C(Cl)(Cl)Cl)[C@H](OCc2ccccc2)[C@@H]1OC(=O)CCC(C)=O. The Labute approximate surface area is 592 Å². The highest BCUT2D eigenvalue weighted by Crippen LogP contribution is 2.40. The van der Waals surface area contributed by atoms with Gasteiger partial charge in [0.05, 0.1) is 79.1 Å². The average Bonchev–Trinajstić information content (AvgIpc) is 0.762. The smallest absolute Gasteiger partial charge is 0.306 e. The molecule has 3 heterocycles. The highest BCUT2D eigenvalue weighted by molar-refractivity contribution is 6.76. The topological polar surface area (TPSA) is 213 Å². The molecule has 2 N–H and O–H groups in total. The number of halogens is 3. The zero-order chi connectivity index (χ0) is 69.2. The van der Waals surface area contributed by atoms with Gasteiger partial charge in [-0.15, -0.1) is 6.58 Å². The Morgan fingerprint density at radius 1 is 0.434 bits per heavy atom. The molecule has 0 unspecified atom stereocenters. The van der Waals surface area contributed by atoms with E-state index >= 15 is 0 Å². The molecule has 3 saturated heterocycles. The number of Topliss-reactive ketones (excluding diaryl/α,β-unsaturated/α-hetero) is 1. The molecule has 7 aromatic carbocycles. The number of nitrogens with one attached hydrogen (secondary N) is 1. The lowest BCUT2D eigenvalue weighted by molar-refractivity contribution is -0.379. The van der Waals surface area contributed by atoms with Gasteiger partial charge in [0.25, 0.3) is 9.70 Å². The van der Waals surface area contributed by atoms with Crippen molar-refractivity contribution in [2.75, 3.05) is 26.4 Å². The van der Waals surface area contributed by atoms with Gasteiger partial charge in [-0.1, -0.05) is 253 Å². The number of ether oxygens (including phenoxy) is 14. The summed E-state index contributed by atoms with van der Waals surface area (Å²) in [6.45, 7) is 4.49. The highest BCUT2D eigenvalue weighted by Gasteiger charge is 2.58. The van der Waals surface area contributed by atoms with E-state index in [1.807, 2.05) is 212 Å². The molecular formula is C77H84Cl3NO18. The minimum absolute atomic E-state index is 0.0309. The molecular weight excluding hydrogens is 1330 g/mol. The summed E-state index contributed by atoms with van der Waals surface area (Å²) in [5, 5.41) is 14.4. The average molecular weight is 1420 g/mol. The first kappa shape index (κ1) is 74.9. The maximum Gasteiger partial charge on any atom is 0.306 e. The fraction of sp³-hybridized carbons (Fsp3) is 0.390. The Morgan fingerprint density at radius 3 is 1.20 bits per heavy atom. The predicted molar refractivity (Wildman–Crippen MR) is 368 cm³/mol. The summed E-state index contributed by atoms with van der Waals surface area (Å²) >= 11 is 19.6. The third kappa shape index (κ3) is 22.6. The van der Waals surface area contributed by atoms with Crippen LogP contribution in [0.15, 0.2) is 225 Å². The highest BCUT2D eigenvalue weighted by atomic mass is 35.6. The molecule has 3 fully saturated rings. The van der Waals surface area contributed by atoms with Crippen molar-refractivity contribution in [3.05, 3.63) is 264 Å². The number of hydrogen-bond acceptors (Lipinski definition) is 18. The van der Waals surface area contributed by atoms with Crippen LogP contribution in [0.3, 0.4) is 0 Å². The van der Waals surface area contributed by atoms with Crippen molar-refractivity contribution in [1.29, 1.82) is 0 Å². The Hall–Kier alpha value is -6.80. The number of benzene rings is 7. The van der Waals surface area contributed by atoms with Crippen molar-refractivity contribution in [1.82, 2.24) is 5.32 Å². The number of carbonyl (C=O) groups is 3. The lowest BCUT2D eigenvalue weighted by Crippen LogP contribution is -2.71. The molecule has 19 nitrogen and oxygen atoms in total. The van der Waals surface area contributed by atoms with Gasteiger partial charge in [0, 0.05) is 6.42 Å². The van der Waals surface area contributed by atoms with E-state index in [2.05, 4.69) is 11.9 Å². The summed E-state index contributed by atoms with van der Waals surface area (Å²) in [5.41, 5.74) is 5.74. The molecule has 7 aromatic rings. The first-order chi connectivity index (χ1) is 48.3. The first-order valence-corrected chi connectivity index (χ1v) is 34.1. The van der Waals surface area contributed by atoms with Crippen LogP contribution in [0.2, 0.25) is 0 Å². The second-order valence-corrected chi connectivity index (χ2v) is 26.4. The second-order valence-electron chi connectivity index (χ2n) is 24.1. The Morgan fingerprint density at radius 2 is 0.788 bits per heavy atom. The lowest BCUT2D eigenvalue weighted by Gasteiger charge is -2.52. The molecule has 3 aliphatic rings. The van der Waals surface area contributed by atoms with Gasteiger partial charge >= 0.3 is 5.97 Å². The van der Waals surface area contributed by atoms with Crippen LogP contribution in [0.1, 0.15) is 58.7 Å². The predicted octanol–water partition coefficient (Wildman–Crippen LogP) is 11.6. The van der Waals surface area contributed by atoms with E-state index < -0.39 is 114 Å². The maximum atomic E-state index is 14.7. The number of alkyl halides is 3. The Bertz CT molecular complexity index is 3500. The first-order valence-electron chi connectivity index (χ1n) is 33.0. The molecule has 0 spiro atoms. The zero-order valence-electron chi connectivity index (χ0n) is 54.9. The molecule has 1 amide bonds. The van der Waals surface area contributed by atoms with E-state index in [1.54, 1.807) is 0 Å². The number of hydrogen-bond donors (Lipinski definition) is 2. The maximum absolute atomic E-state index is 14.7. The summed E-state index contributed by atoms with van der Waals surface area (Å²) in [5.74, 6) is -2.15. The largest absolute Gasteiger partial charge is 0.454 e. The van der Waals surface area contributed by atoms with Crippen LogP contribution in [0.5, 0.6) is 0 Å². The molecule has 0 saturated carbocycles.